The van der Waals surface area contributed by atoms with Gasteiger partial charge in [0, 0.05) is 6.04 Å². The first-order chi connectivity index (χ1) is 6.74. The molecular weight excluding hydrogens is 198 g/mol. The van der Waals surface area contributed by atoms with Gasteiger partial charge in [0.25, 0.3) is 0 Å². The molecular formula is C9H15N3OS. The van der Waals surface area contributed by atoms with E-state index < -0.39 is 0 Å². The Balaban J connectivity index is 1.90. The molecule has 14 heavy (non-hydrogen) atoms. The molecule has 1 saturated carbocycles. The number of aliphatic hydroxyl groups excluding tert-OH is 1. The minimum absolute atomic E-state index is 0.143. The third-order valence-electron chi connectivity index (χ3n) is 2.50. The summed E-state index contributed by atoms with van der Waals surface area (Å²) in [5, 5.41) is 22.6. The van der Waals surface area contributed by atoms with Gasteiger partial charge in [0.2, 0.25) is 5.13 Å². The number of aryl methyl sites for hydroxylation is 1. The van der Waals surface area contributed by atoms with Crippen molar-refractivity contribution in [3.63, 3.8) is 0 Å². The Labute approximate surface area is 87.4 Å². The van der Waals surface area contributed by atoms with Crippen LogP contribution in [0.5, 0.6) is 0 Å². The molecule has 0 aliphatic heterocycles. The topological polar surface area (TPSA) is 58.0 Å². The van der Waals surface area contributed by atoms with Crippen LogP contribution in [-0.4, -0.2) is 27.4 Å². The van der Waals surface area contributed by atoms with Crippen molar-refractivity contribution in [2.45, 2.75) is 44.8 Å². The second kappa shape index (κ2) is 4.23. The molecule has 1 aromatic heterocycles. The molecule has 0 amide bonds. The van der Waals surface area contributed by atoms with Gasteiger partial charge in [0.05, 0.1) is 6.10 Å². The maximum Gasteiger partial charge on any atom is 0.205 e. The highest BCUT2D eigenvalue weighted by molar-refractivity contribution is 7.15. The molecule has 1 heterocycles. The highest BCUT2D eigenvalue weighted by atomic mass is 32.1. The van der Waals surface area contributed by atoms with Crippen molar-refractivity contribution in [1.29, 1.82) is 0 Å². The van der Waals surface area contributed by atoms with Gasteiger partial charge in [-0.25, -0.2) is 0 Å². The summed E-state index contributed by atoms with van der Waals surface area (Å²) in [5.74, 6) is 0. The first kappa shape index (κ1) is 9.86. The molecule has 78 valence electrons. The number of nitrogens with zero attached hydrogens (tertiary/aromatic N) is 2. The minimum atomic E-state index is -0.143. The first-order valence-electron chi connectivity index (χ1n) is 4.99. The minimum Gasteiger partial charge on any atom is -0.393 e. The number of anilines is 1. The van der Waals surface area contributed by atoms with E-state index in [4.69, 9.17) is 0 Å². The Hall–Kier alpha value is -0.680. The fourth-order valence-corrected chi connectivity index (χ4v) is 2.49. The summed E-state index contributed by atoms with van der Waals surface area (Å²) in [5.41, 5.74) is 0. The maximum atomic E-state index is 9.49. The molecule has 0 spiro atoms. The third-order valence-corrected chi connectivity index (χ3v) is 3.27. The van der Waals surface area contributed by atoms with Crippen LogP contribution < -0.4 is 5.32 Å². The molecule has 1 aliphatic carbocycles. The normalized spacial score (nSPS) is 27.6. The van der Waals surface area contributed by atoms with Crippen LogP contribution >= 0.6 is 11.3 Å². The quantitative estimate of drug-likeness (QED) is 0.782. The van der Waals surface area contributed by atoms with Gasteiger partial charge < -0.3 is 10.4 Å². The molecule has 0 bridgehead atoms. The monoisotopic (exact) mass is 213 g/mol. The van der Waals surface area contributed by atoms with E-state index in [1.807, 2.05) is 6.92 Å². The summed E-state index contributed by atoms with van der Waals surface area (Å²) >= 11 is 1.57. The van der Waals surface area contributed by atoms with Crippen LogP contribution in [0.15, 0.2) is 0 Å². The lowest BCUT2D eigenvalue weighted by atomic mass is 9.93. The molecule has 2 rings (SSSR count). The summed E-state index contributed by atoms with van der Waals surface area (Å²) in [6.07, 6.45) is 3.84. The van der Waals surface area contributed by atoms with Gasteiger partial charge in [-0.3, -0.25) is 0 Å². The Morgan fingerprint density at radius 2 is 2.29 bits per heavy atom. The van der Waals surface area contributed by atoms with Gasteiger partial charge in [-0.15, -0.1) is 10.2 Å². The van der Waals surface area contributed by atoms with Crippen LogP contribution in [0, 0.1) is 6.92 Å². The molecule has 2 N–H and O–H groups in total. The summed E-state index contributed by atoms with van der Waals surface area (Å²) in [6.45, 7) is 1.94. The highest BCUT2D eigenvalue weighted by Gasteiger charge is 2.20. The van der Waals surface area contributed by atoms with Gasteiger partial charge in [-0.05, 0) is 32.6 Å². The van der Waals surface area contributed by atoms with Crippen LogP contribution in [0.2, 0.25) is 0 Å². The van der Waals surface area contributed by atoms with Crippen molar-refractivity contribution >= 4 is 16.5 Å². The molecule has 4 nitrogen and oxygen atoms in total. The number of nitrogens with one attached hydrogen (secondary N) is 1. The van der Waals surface area contributed by atoms with E-state index in [0.717, 1.165) is 35.8 Å². The predicted molar refractivity (Wildman–Crippen MR) is 56.5 cm³/mol. The van der Waals surface area contributed by atoms with E-state index in [1.165, 1.54) is 0 Å². The van der Waals surface area contributed by atoms with Gasteiger partial charge >= 0.3 is 0 Å². The SMILES string of the molecule is Cc1nnc(N[C@H]2CCC[C@@H](O)C2)s1. The van der Waals surface area contributed by atoms with Crippen molar-refractivity contribution in [3.05, 3.63) is 5.01 Å². The second-order valence-corrected chi connectivity index (χ2v) is 4.97. The molecule has 1 fully saturated rings. The molecule has 1 aromatic rings. The van der Waals surface area contributed by atoms with Crippen molar-refractivity contribution in [2.24, 2.45) is 0 Å². The van der Waals surface area contributed by atoms with Crippen LogP contribution in [0.25, 0.3) is 0 Å². The third kappa shape index (κ3) is 2.42. The van der Waals surface area contributed by atoms with Crippen LogP contribution in [0.4, 0.5) is 5.13 Å². The van der Waals surface area contributed by atoms with Crippen LogP contribution in [0.1, 0.15) is 30.7 Å². The Kier molecular flexibility index (Phi) is 2.98. The standard InChI is InChI=1S/C9H15N3OS/c1-6-11-12-9(14-6)10-7-3-2-4-8(13)5-7/h7-8,13H,2-5H2,1H3,(H,10,12)/t7-,8+/m0/s1. The number of aromatic nitrogens is 2. The molecule has 5 heteroatoms. The van der Waals surface area contributed by atoms with E-state index in [9.17, 15) is 5.11 Å². The van der Waals surface area contributed by atoms with Crippen LogP contribution in [0.3, 0.4) is 0 Å². The Morgan fingerprint density at radius 3 is 2.93 bits per heavy atom. The van der Waals surface area contributed by atoms with Crippen molar-refractivity contribution < 1.29 is 5.11 Å². The van der Waals surface area contributed by atoms with E-state index in [0.29, 0.717) is 6.04 Å². The number of aliphatic hydroxyl groups is 1. The zero-order valence-electron chi connectivity index (χ0n) is 8.23. The van der Waals surface area contributed by atoms with Gasteiger partial charge in [-0.2, -0.15) is 0 Å². The maximum absolute atomic E-state index is 9.49. The molecule has 0 saturated heterocycles. The van der Waals surface area contributed by atoms with Gasteiger partial charge in [0.15, 0.2) is 0 Å². The fourth-order valence-electron chi connectivity index (χ4n) is 1.82. The summed E-state index contributed by atoms with van der Waals surface area (Å²) in [7, 11) is 0. The molecule has 0 aromatic carbocycles. The highest BCUT2D eigenvalue weighted by Crippen LogP contribution is 2.23. The van der Waals surface area contributed by atoms with E-state index in [1.54, 1.807) is 11.3 Å². The Morgan fingerprint density at radius 1 is 1.43 bits per heavy atom. The lowest BCUT2D eigenvalue weighted by Crippen LogP contribution is -2.29. The molecule has 1 aliphatic rings. The molecule has 0 unspecified atom stereocenters. The predicted octanol–water partition coefficient (Wildman–Crippen LogP) is 1.56. The summed E-state index contributed by atoms with van der Waals surface area (Å²) in [4.78, 5) is 0. The fraction of sp³-hybridized carbons (Fsp3) is 0.778. The lowest BCUT2D eigenvalue weighted by Gasteiger charge is -2.26. The van der Waals surface area contributed by atoms with Crippen molar-refractivity contribution in [1.82, 2.24) is 10.2 Å². The average molecular weight is 213 g/mol. The van der Waals surface area contributed by atoms with E-state index in [2.05, 4.69) is 15.5 Å². The molecule has 2 atom stereocenters. The zero-order chi connectivity index (χ0) is 9.97. The lowest BCUT2D eigenvalue weighted by molar-refractivity contribution is 0.124. The number of hydrogen-bond acceptors (Lipinski definition) is 5. The largest absolute Gasteiger partial charge is 0.393 e. The van der Waals surface area contributed by atoms with E-state index in [-0.39, 0.29) is 6.10 Å². The van der Waals surface area contributed by atoms with Gasteiger partial charge in [-0.1, -0.05) is 11.3 Å². The number of hydrogen-bond donors (Lipinski definition) is 2. The second-order valence-electron chi connectivity index (χ2n) is 3.79. The Bertz CT molecular complexity index is 302. The summed E-state index contributed by atoms with van der Waals surface area (Å²) in [6, 6.07) is 0.367. The summed E-state index contributed by atoms with van der Waals surface area (Å²) < 4.78 is 0. The van der Waals surface area contributed by atoms with Gasteiger partial charge in [0.1, 0.15) is 5.01 Å². The van der Waals surface area contributed by atoms with E-state index >= 15 is 0 Å². The number of rotatable bonds is 2. The first-order valence-corrected chi connectivity index (χ1v) is 5.80. The van der Waals surface area contributed by atoms with Crippen LogP contribution in [-0.2, 0) is 0 Å². The smallest absolute Gasteiger partial charge is 0.205 e. The zero-order valence-corrected chi connectivity index (χ0v) is 9.05. The van der Waals surface area contributed by atoms with Crippen molar-refractivity contribution in [3.8, 4) is 0 Å². The molecule has 0 radical (unpaired) electrons. The average Bonchev–Trinajstić information content (AvgIpc) is 2.51. The van der Waals surface area contributed by atoms with Crippen molar-refractivity contribution in [2.75, 3.05) is 5.32 Å².